The van der Waals surface area contributed by atoms with Gasteiger partial charge in [0.15, 0.2) is 5.82 Å². The van der Waals surface area contributed by atoms with Crippen LogP contribution >= 0.6 is 0 Å². The zero-order valence-electron chi connectivity index (χ0n) is 17.0. The maximum Gasteiger partial charge on any atom is 0.261 e. The van der Waals surface area contributed by atoms with E-state index in [9.17, 15) is 9.59 Å². The zero-order valence-corrected chi connectivity index (χ0v) is 17.0. The number of aromatic nitrogens is 3. The molecule has 156 valence electrons. The number of nitrogens with two attached hydrogens (primary N) is 1. The van der Waals surface area contributed by atoms with Gasteiger partial charge in [-0.1, -0.05) is 26.0 Å². The largest absolute Gasteiger partial charge is 0.383 e. The van der Waals surface area contributed by atoms with E-state index in [1.54, 1.807) is 42.6 Å². The second-order valence-corrected chi connectivity index (χ2v) is 6.59. The molecule has 0 aliphatic carbocycles. The van der Waals surface area contributed by atoms with Gasteiger partial charge >= 0.3 is 0 Å². The van der Waals surface area contributed by atoms with Gasteiger partial charge in [0, 0.05) is 17.6 Å². The standard InChI is InChI=1S/C21H25N7O2/c1-3-27(4-2)14-19(29)25-15-8-7-9-16(12-15)26-21(30)17-13-24-28(20(17)22)18-10-5-6-11-23-18/h5-13H,3-4,14,22H2,1-2H3,(H,25,29)(H,26,30). The van der Waals surface area contributed by atoms with Crippen molar-refractivity contribution in [2.45, 2.75) is 13.8 Å². The van der Waals surface area contributed by atoms with Crippen LogP contribution in [0.2, 0.25) is 0 Å². The number of carbonyl (C=O) groups is 2. The van der Waals surface area contributed by atoms with Gasteiger partial charge in [-0.25, -0.2) is 4.98 Å². The molecule has 0 aliphatic rings. The molecule has 2 aromatic heterocycles. The fraction of sp³-hybridized carbons (Fsp3) is 0.238. The number of hydrogen-bond acceptors (Lipinski definition) is 6. The molecule has 2 amide bonds. The van der Waals surface area contributed by atoms with Gasteiger partial charge in [-0.3, -0.25) is 14.5 Å². The Morgan fingerprint density at radius 1 is 1.07 bits per heavy atom. The van der Waals surface area contributed by atoms with Gasteiger partial charge in [-0.05, 0) is 43.4 Å². The lowest BCUT2D eigenvalue weighted by atomic mass is 10.2. The van der Waals surface area contributed by atoms with E-state index in [-0.39, 0.29) is 17.3 Å². The van der Waals surface area contributed by atoms with Crippen molar-refractivity contribution >= 4 is 29.0 Å². The minimum Gasteiger partial charge on any atom is -0.383 e. The van der Waals surface area contributed by atoms with Crippen LogP contribution in [0.3, 0.4) is 0 Å². The van der Waals surface area contributed by atoms with Crippen LogP contribution in [0, 0.1) is 0 Å². The highest BCUT2D eigenvalue weighted by Gasteiger charge is 2.17. The Morgan fingerprint density at radius 2 is 1.80 bits per heavy atom. The van der Waals surface area contributed by atoms with Crippen molar-refractivity contribution in [2.24, 2.45) is 0 Å². The van der Waals surface area contributed by atoms with Crippen LogP contribution in [0.4, 0.5) is 17.2 Å². The van der Waals surface area contributed by atoms with E-state index in [1.165, 1.54) is 10.9 Å². The summed E-state index contributed by atoms with van der Waals surface area (Å²) in [6.45, 7) is 5.93. The molecule has 0 fully saturated rings. The van der Waals surface area contributed by atoms with Crippen molar-refractivity contribution in [1.29, 1.82) is 0 Å². The maximum atomic E-state index is 12.7. The van der Waals surface area contributed by atoms with E-state index >= 15 is 0 Å². The lowest BCUT2D eigenvalue weighted by molar-refractivity contribution is -0.117. The molecule has 3 aromatic rings. The quantitative estimate of drug-likeness (QED) is 0.528. The molecule has 0 aliphatic heterocycles. The first-order valence-corrected chi connectivity index (χ1v) is 9.70. The number of nitrogen functional groups attached to an aromatic ring is 1. The summed E-state index contributed by atoms with van der Waals surface area (Å²) < 4.78 is 1.40. The minimum absolute atomic E-state index is 0.108. The summed E-state index contributed by atoms with van der Waals surface area (Å²) in [5, 5.41) is 9.79. The van der Waals surface area contributed by atoms with Crippen LogP contribution in [0.5, 0.6) is 0 Å². The van der Waals surface area contributed by atoms with Crippen LogP contribution in [0.1, 0.15) is 24.2 Å². The van der Waals surface area contributed by atoms with E-state index in [2.05, 4.69) is 20.7 Å². The summed E-state index contributed by atoms with van der Waals surface area (Å²) in [5.74, 6) is 0.200. The van der Waals surface area contributed by atoms with Crippen molar-refractivity contribution < 1.29 is 9.59 Å². The number of nitrogens with zero attached hydrogens (tertiary/aromatic N) is 4. The number of likely N-dealkylation sites (N-methyl/N-ethyl adjacent to an activating group) is 1. The number of nitrogens with one attached hydrogen (secondary N) is 2. The van der Waals surface area contributed by atoms with Gasteiger partial charge in [0.1, 0.15) is 11.4 Å². The van der Waals surface area contributed by atoms with Crippen molar-refractivity contribution in [3.05, 3.63) is 60.4 Å². The molecule has 0 radical (unpaired) electrons. The molecule has 30 heavy (non-hydrogen) atoms. The molecule has 3 rings (SSSR count). The fourth-order valence-electron chi connectivity index (χ4n) is 2.92. The number of carbonyl (C=O) groups excluding carboxylic acids is 2. The van der Waals surface area contributed by atoms with Crippen LogP contribution in [-0.2, 0) is 4.79 Å². The van der Waals surface area contributed by atoms with Crippen molar-refractivity contribution in [2.75, 3.05) is 36.0 Å². The van der Waals surface area contributed by atoms with E-state index in [0.29, 0.717) is 23.7 Å². The molecular formula is C21H25N7O2. The SMILES string of the molecule is CCN(CC)CC(=O)Nc1cccc(NC(=O)c2cnn(-c3ccccn3)c2N)c1. The molecule has 9 nitrogen and oxygen atoms in total. The molecule has 0 spiro atoms. The Morgan fingerprint density at radius 3 is 2.47 bits per heavy atom. The lowest BCUT2D eigenvalue weighted by Gasteiger charge is -2.17. The highest BCUT2D eigenvalue weighted by atomic mass is 16.2. The Bertz CT molecular complexity index is 1010. The topological polar surface area (TPSA) is 118 Å². The highest BCUT2D eigenvalue weighted by Crippen LogP contribution is 2.19. The molecule has 0 unspecified atom stereocenters. The van der Waals surface area contributed by atoms with Crippen molar-refractivity contribution in [3.63, 3.8) is 0 Å². The van der Waals surface area contributed by atoms with Gasteiger partial charge in [0.25, 0.3) is 5.91 Å². The number of benzene rings is 1. The molecule has 0 bridgehead atoms. The number of amides is 2. The first kappa shape index (κ1) is 21.0. The summed E-state index contributed by atoms with van der Waals surface area (Å²) in [6, 6.07) is 12.3. The van der Waals surface area contributed by atoms with E-state index in [1.807, 2.05) is 24.8 Å². The van der Waals surface area contributed by atoms with E-state index in [0.717, 1.165) is 13.1 Å². The van der Waals surface area contributed by atoms with Crippen LogP contribution in [0.15, 0.2) is 54.9 Å². The number of hydrogen-bond donors (Lipinski definition) is 3. The monoisotopic (exact) mass is 407 g/mol. The summed E-state index contributed by atoms with van der Waals surface area (Å²) in [6.07, 6.45) is 3.02. The minimum atomic E-state index is -0.402. The summed E-state index contributed by atoms with van der Waals surface area (Å²) in [7, 11) is 0. The third-order valence-corrected chi connectivity index (χ3v) is 4.58. The molecular weight excluding hydrogens is 382 g/mol. The normalized spacial score (nSPS) is 10.8. The zero-order chi connectivity index (χ0) is 21.5. The van der Waals surface area contributed by atoms with Crippen LogP contribution in [-0.4, -0.2) is 51.1 Å². The highest BCUT2D eigenvalue weighted by molar-refractivity contribution is 6.07. The molecule has 4 N–H and O–H groups in total. The first-order valence-electron chi connectivity index (χ1n) is 9.70. The predicted molar refractivity (Wildman–Crippen MR) is 117 cm³/mol. The van der Waals surface area contributed by atoms with Gasteiger partial charge in [0.05, 0.1) is 12.7 Å². The maximum absolute atomic E-state index is 12.7. The Hall–Kier alpha value is -3.72. The van der Waals surface area contributed by atoms with Crippen molar-refractivity contribution in [1.82, 2.24) is 19.7 Å². The second-order valence-electron chi connectivity index (χ2n) is 6.59. The fourth-order valence-corrected chi connectivity index (χ4v) is 2.92. The predicted octanol–water partition coefficient (Wildman–Crippen LogP) is 2.38. The molecule has 0 saturated carbocycles. The summed E-state index contributed by atoms with van der Waals surface area (Å²) in [5.41, 5.74) is 7.46. The van der Waals surface area contributed by atoms with Crippen molar-refractivity contribution in [3.8, 4) is 5.82 Å². The lowest BCUT2D eigenvalue weighted by Crippen LogP contribution is -2.32. The average molecular weight is 407 g/mol. The molecule has 1 aromatic carbocycles. The van der Waals surface area contributed by atoms with Crippen LogP contribution < -0.4 is 16.4 Å². The van der Waals surface area contributed by atoms with Gasteiger partial charge < -0.3 is 16.4 Å². The van der Waals surface area contributed by atoms with Gasteiger partial charge in [-0.15, -0.1) is 0 Å². The van der Waals surface area contributed by atoms with E-state index in [4.69, 9.17) is 5.73 Å². The number of rotatable bonds is 8. The van der Waals surface area contributed by atoms with Gasteiger partial charge in [-0.2, -0.15) is 9.78 Å². The summed E-state index contributed by atoms with van der Waals surface area (Å²) >= 11 is 0. The molecule has 9 heteroatoms. The number of anilines is 3. The van der Waals surface area contributed by atoms with Crippen LogP contribution in [0.25, 0.3) is 5.82 Å². The number of pyridine rings is 1. The summed E-state index contributed by atoms with van der Waals surface area (Å²) in [4.78, 5) is 31.1. The Labute approximate surface area is 174 Å². The van der Waals surface area contributed by atoms with Gasteiger partial charge in [0.2, 0.25) is 5.91 Å². The first-order chi connectivity index (χ1) is 14.5. The molecule has 2 heterocycles. The molecule has 0 atom stereocenters. The molecule has 0 saturated heterocycles. The third-order valence-electron chi connectivity index (χ3n) is 4.58. The average Bonchev–Trinajstić information content (AvgIpc) is 3.14. The second kappa shape index (κ2) is 9.66. The smallest absolute Gasteiger partial charge is 0.261 e. The van der Waals surface area contributed by atoms with E-state index < -0.39 is 5.91 Å². The Kier molecular flexibility index (Phi) is 6.76. The Balaban J connectivity index is 1.69. The third kappa shape index (κ3) is 5.00.